The number of allylic oxidation sites excluding steroid dienone is 2. The third-order valence-corrected chi connectivity index (χ3v) is 3.14. The zero-order chi connectivity index (χ0) is 13.3. The summed E-state index contributed by atoms with van der Waals surface area (Å²) < 4.78 is 0. The minimum Gasteiger partial charge on any atom is -0.399 e. The second-order valence-corrected chi connectivity index (χ2v) is 4.35. The van der Waals surface area contributed by atoms with Crippen LogP contribution in [0, 0.1) is 10.1 Å². The van der Waals surface area contributed by atoms with Gasteiger partial charge in [-0.3, -0.25) is 10.1 Å². The van der Waals surface area contributed by atoms with Crippen LogP contribution in [0.2, 0.25) is 0 Å². The number of nitro groups is 1. The lowest BCUT2D eigenvalue weighted by Gasteiger charge is -2.16. The van der Waals surface area contributed by atoms with Crippen molar-refractivity contribution >= 4 is 34.0 Å². The number of thiocarbonyl (C=S) groups is 1. The van der Waals surface area contributed by atoms with Crippen LogP contribution in [0.25, 0.3) is 5.57 Å². The summed E-state index contributed by atoms with van der Waals surface area (Å²) in [6, 6.07) is 4.04. The van der Waals surface area contributed by atoms with Crippen LogP contribution in [0.1, 0.15) is 5.56 Å². The lowest BCUT2D eigenvalue weighted by molar-refractivity contribution is -0.489. The SMILES string of the molecule is Nc1ccc(C2=CC=CC([N+](=O)[O-])C2=S)c(N)c1. The molecule has 1 aromatic carbocycles. The molecule has 92 valence electrons. The van der Waals surface area contributed by atoms with Crippen molar-refractivity contribution in [3.8, 4) is 0 Å². The molecular formula is C12H11N3O2S. The summed E-state index contributed by atoms with van der Waals surface area (Å²) in [5, 5.41) is 10.9. The van der Waals surface area contributed by atoms with Gasteiger partial charge in [0, 0.05) is 27.4 Å². The zero-order valence-electron chi connectivity index (χ0n) is 9.37. The minimum atomic E-state index is -0.975. The maximum absolute atomic E-state index is 10.9. The van der Waals surface area contributed by atoms with Gasteiger partial charge in [0.05, 0.1) is 0 Å². The third-order valence-electron chi connectivity index (χ3n) is 2.68. The van der Waals surface area contributed by atoms with Gasteiger partial charge in [-0.2, -0.15) is 0 Å². The Morgan fingerprint density at radius 2 is 2.06 bits per heavy atom. The molecule has 18 heavy (non-hydrogen) atoms. The van der Waals surface area contributed by atoms with E-state index in [1.165, 1.54) is 6.08 Å². The summed E-state index contributed by atoms with van der Waals surface area (Å²) in [5.74, 6) is 0. The first kappa shape index (κ1) is 12.3. The number of benzene rings is 1. The highest BCUT2D eigenvalue weighted by atomic mass is 32.1. The van der Waals surface area contributed by atoms with Crippen molar-refractivity contribution < 1.29 is 4.92 Å². The van der Waals surface area contributed by atoms with E-state index in [0.717, 1.165) is 0 Å². The summed E-state index contributed by atoms with van der Waals surface area (Å²) in [5.41, 5.74) is 13.8. The predicted molar refractivity (Wildman–Crippen MR) is 75.8 cm³/mol. The van der Waals surface area contributed by atoms with Gasteiger partial charge in [-0.1, -0.05) is 30.4 Å². The summed E-state index contributed by atoms with van der Waals surface area (Å²) in [4.78, 5) is 10.7. The van der Waals surface area contributed by atoms with E-state index in [0.29, 0.717) is 22.5 Å². The molecule has 0 radical (unpaired) electrons. The number of anilines is 2. The Hall–Kier alpha value is -2.21. The topological polar surface area (TPSA) is 95.2 Å². The molecule has 0 aromatic heterocycles. The van der Waals surface area contributed by atoms with Crippen LogP contribution >= 0.6 is 12.2 Å². The molecule has 0 spiro atoms. The van der Waals surface area contributed by atoms with Crippen molar-refractivity contribution in [2.75, 3.05) is 11.5 Å². The lowest BCUT2D eigenvalue weighted by Crippen LogP contribution is -2.28. The smallest absolute Gasteiger partial charge is 0.267 e. The highest BCUT2D eigenvalue weighted by Gasteiger charge is 2.28. The molecule has 4 N–H and O–H groups in total. The standard InChI is InChI=1S/C12H11N3O2S/c13-7-4-5-8(10(14)6-7)9-2-1-3-11(12(9)18)15(16)17/h1-6,11H,13-14H2. The van der Waals surface area contributed by atoms with Crippen LogP contribution < -0.4 is 11.5 Å². The van der Waals surface area contributed by atoms with Gasteiger partial charge in [0.15, 0.2) is 0 Å². The van der Waals surface area contributed by atoms with Crippen molar-refractivity contribution in [3.63, 3.8) is 0 Å². The molecule has 0 bridgehead atoms. The average Bonchev–Trinajstić information content (AvgIpc) is 2.30. The van der Waals surface area contributed by atoms with Crippen molar-refractivity contribution in [2.24, 2.45) is 0 Å². The quantitative estimate of drug-likeness (QED) is 0.366. The van der Waals surface area contributed by atoms with E-state index in [9.17, 15) is 10.1 Å². The number of nitrogen functional groups attached to an aromatic ring is 2. The molecule has 1 aliphatic carbocycles. The average molecular weight is 261 g/mol. The van der Waals surface area contributed by atoms with Crippen molar-refractivity contribution in [1.82, 2.24) is 0 Å². The molecule has 0 heterocycles. The molecule has 2 rings (SSSR count). The fraction of sp³-hybridized carbons (Fsp3) is 0.0833. The van der Waals surface area contributed by atoms with E-state index in [2.05, 4.69) is 0 Å². The summed E-state index contributed by atoms with van der Waals surface area (Å²) in [7, 11) is 0. The fourth-order valence-corrected chi connectivity index (χ4v) is 2.14. The lowest BCUT2D eigenvalue weighted by atomic mass is 9.93. The minimum absolute atomic E-state index is 0.263. The number of nitrogens with two attached hydrogens (primary N) is 2. The molecule has 1 atom stereocenters. The second-order valence-electron chi connectivity index (χ2n) is 3.91. The van der Waals surface area contributed by atoms with Gasteiger partial charge in [-0.05, 0) is 18.2 Å². The van der Waals surface area contributed by atoms with Crippen LogP contribution in [-0.4, -0.2) is 15.8 Å². The van der Waals surface area contributed by atoms with Gasteiger partial charge in [-0.25, -0.2) is 0 Å². The zero-order valence-corrected chi connectivity index (χ0v) is 10.2. The highest BCUT2D eigenvalue weighted by molar-refractivity contribution is 7.81. The second kappa shape index (κ2) is 4.58. The van der Waals surface area contributed by atoms with Gasteiger partial charge in [-0.15, -0.1) is 0 Å². The summed E-state index contributed by atoms with van der Waals surface area (Å²) in [6.07, 6.45) is 4.80. The number of nitrogens with zero attached hydrogens (tertiary/aromatic N) is 1. The Balaban J connectivity index is 2.45. The number of rotatable bonds is 2. The number of hydrogen-bond acceptors (Lipinski definition) is 5. The first-order valence-corrected chi connectivity index (χ1v) is 5.63. The number of hydrogen-bond donors (Lipinski definition) is 2. The van der Waals surface area contributed by atoms with Crippen molar-refractivity contribution in [1.29, 1.82) is 0 Å². The molecule has 0 amide bonds. The fourth-order valence-electron chi connectivity index (χ4n) is 1.80. The molecule has 0 saturated heterocycles. The van der Waals surface area contributed by atoms with Crippen molar-refractivity contribution in [3.05, 3.63) is 52.1 Å². The first-order chi connectivity index (χ1) is 8.50. The van der Waals surface area contributed by atoms with Gasteiger partial charge < -0.3 is 11.5 Å². The monoisotopic (exact) mass is 261 g/mol. The molecule has 0 saturated carbocycles. The molecule has 0 fully saturated rings. The van der Waals surface area contributed by atoms with E-state index in [1.807, 2.05) is 0 Å². The van der Waals surface area contributed by atoms with Crippen LogP contribution in [0.5, 0.6) is 0 Å². The predicted octanol–water partition coefficient (Wildman–Crippen LogP) is 1.82. The maximum atomic E-state index is 10.9. The van der Waals surface area contributed by atoms with Crippen LogP contribution in [0.3, 0.4) is 0 Å². The first-order valence-electron chi connectivity index (χ1n) is 5.22. The highest BCUT2D eigenvalue weighted by Crippen LogP contribution is 2.28. The summed E-state index contributed by atoms with van der Waals surface area (Å²) in [6.45, 7) is 0. The van der Waals surface area contributed by atoms with E-state index in [-0.39, 0.29) is 4.86 Å². The summed E-state index contributed by atoms with van der Waals surface area (Å²) >= 11 is 5.15. The van der Waals surface area contributed by atoms with E-state index in [1.54, 1.807) is 30.4 Å². The largest absolute Gasteiger partial charge is 0.399 e. The Labute approximate surface area is 109 Å². The molecule has 5 nitrogen and oxygen atoms in total. The normalized spacial score (nSPS) is 18.6. The Bertz CT molecular complexity index is 593. The molecule has 6 heteroatoms. The van der Waals surface area contributed by atoms with Crippen LogP contribution in [0.15, 0.2) is 36.4 Å². The Morgan fingerprint density at radius 1 is 1.33 bits per heavy atom. The Morgan fingerprint density at radius 3 is 2.67 bits per heavy atom. The van der Waals surface area contributed by atoms with Gasteiger partial charge >= 0.3 is 0 Å². The van der Waals surface area contributed by atoms with Gasteiger partial charge in [0.25, 0.3) is 6.04 Å². The van der Waals surface area contributed by atoms with Gasteiger partial charge in [0.2, 0.25) is 0 Å². The molecule has 1 unspecified atom stereocenters. The van der Waals surface area contributed by atoms with E-state index < -0.39 is 11.0 Å². The molecule has 1 aromatic rings. The third kappa shape index (κ3) is 2.10. The molecular weight excluding hydrogens is 250 g/mol. The molecule has 1 aliphatic rings. The maximum Gasteiger partial charge on any atom is 0.267 e. The van der Waals surface area contributed by atoms with E-state index >= 15 is 0 Å². The van der Waals surface area contributed by atoms with Crippen molar-refractivity contribution in [2.45, 2.75) is 6.04 Å². The van der Waals surface area contributed by atoms with Crippen LogP contribution in [0.4, 0.5) is 11.4 Å². The van der Waals surface area contributed by atoms with E-state index in [4.69, 9.17) is 23.7 Å². The Kier molecular flexibility index (Phi) is 3.12. The van der Waals surface area contributed by atoms with Gasteiger partial charge in [0.1, 0.15) is 4.86 Å². The molecule has 0 aliphatic heterocycles. The van der Waals surface area contributed by atoms with Crippen LogP contribution in [-0.2, 0) is 0 Å².